The minimum Gasteiger partial charge on any atom is -0.493 e. The first kappa shape index (κ1) is 13.6. The van der Waals surface area contributed by atoms with Crippen molar-refractivity contribution in [3.8, 4) is 11.5 Å². The number of benzene rings is 1. The Labute approximate surface area is 113 Å². The second-order valence-electron chi connectivity index (χ2n) is 4.45. The van der Waals surface area contributed by atoms with Crippen LogP contribution in [0.25, 0.3) is 6.08 Å². The van der Waals surface area contributed by atoms with Gasteiger partial charge in [0.25, 0.3) is 0 Å². The lowest BCUT2D eigenvalue weighted by atomic mass is 9.82. The summed E-state index contributed by atoms with van der Waals surface area (Å²) >= 11 is 0. The van der Waals surface area contributed by atoms with Crippen molar-refractivity contribution in [1.29, 1.82) is 0 Å². The van der Waals surface area contributed by atoms with Gasteiger partial charge in [-0.2, -0.15) is 0 Å². The fraction of sp³-hybridized carbons (Fsp3) is 0.400. The van der Waals surface area contributed by atoms with Crippen molar-refractivity contribution < 1.29 is 19.0 Å². The lowest BCUT2D eigenvalue weighted by Gasteiger charge is -2.28. The Morgan fingerprint density at radius 3 is 2.42 bits per heavy atom. The maximum Gasteiger partial charge on any atom is 0.168 e. The highest BCUT2D eigenvalue weighted by atomic mass is 16.5. The third-order valence-electron chi connectivity index (χ3n) is 3.44. The Bertz CT molecular complexity index is 519. The Morgan fingerprint density at radius 1 is 1.16 bits per heavy atom. The number of Topliss-reactive ketones (excluding diaryl/α,β-unsaturated/α-hetero) is 1. The summed E-state index contributed by atoms with van der Waals surface area (Å²) in [6.45, 7) is 1.58. The Kier molecular flexibility index (Phi) is 3.90. The van der Waals surface area contributed by atoms with E-state index in [2.05, 4.69) is 0 Å². The van der Waals surface area contributed by atoms with Crippen molar-refractivity contribution in [3.63, 3.8) is 0 Å². The third-order valence-corrected chi connectivity index (χ3v) is 3.44. The molecule has 1 aromatic carbocycles. The van der Waals surface area contributed by atoms with Crippen LogP contribution in [-0.2, 0) is 9.53 Å². The van der Waals surface area contributed by atoms with E-state index in [-0.39, 0.29) is 17.8 Å². The maximum atomic E-state index is 11.9. The number of ketones is 1. The van der Waals surface area contributed by atoms with Crippen LogP contribution in [-0.4, -0.2) is 33.2 Å². The zero-order chi connectivity index (χ0) is 14.0. The SMILES string of the molecule is COc1ccc2c(c1OC)C=CC(OC)C2C(C)=O. The van der Waals surface area contributed by atoms with Crippen LogP contribution in [0.4, 0.5) is 0 Å². The summed E-state index contributed by atoms with van der Waals surface area (Å²) in [5.41, 5.74) is 1.80. The van der Waals surface area contributed by atoms with E-state index in [1.54, 1.807) is 28.3 Å². The average molecular weight is 262 g/mol. The van der Waals surface area contributed by atoms with Gasteiger partial charge in [0.15, 0.2) is 11.5 Å². The quantitative estimate of drug-likeness (QED) is 0.836. The molecule has 0 N–H and O–H groups in total. The van der Waals surface area contributed by atoms with E-state index < -0.39 is 0 Å². The molecule has 1 aromatic rings. The summed E-state index contributed by atoms with van der Waals surface area (Å²) in [7, 11) is 4.80. The number of hydrogen-bond donors (Lipinski definition) is 0. The molecule has 0 aliphatic heterocycles. The molecule has 0 heterocycles. The zero-order valence-electron chi connectivity index (χ0n) is 11.6. The molecule has 2 atom stereocenters. The van der Waals surface area contributed by atoms with Gasteiger partial charge in [-0.05, 0) is 18.6 Å². The molecule has 0 radical (unpaired) electrons. The van der Waals surface area contributed by atoms with Crippen LogP contribution in [0, 0.1) is 0 Å². The number of methoxy groups -OCH3 is 3. The fourth-order valence-corrected chi connectivity index (χ4v) is 2.55. The fourth-order valence-electron chi connectivity index (χ4n) is 2.55. The highest BCUT2D eigenvalue weighted by Crippen LogP contribution is 2.41. The molecule has 2 unspecified atom stereocenters. The highest BCUT2D eigenvalue weighted by Gasteiger charge is 2.32. The van der Waals surface area contributed by atoms with Crippen LogP contribution in [0.1, 0.15) is 24.0 Å². The number of carbonyl (C=O) groups excluding carboxylic acids is 1. The maximum absolute atomic E-state index is 11.9. The largest absolute Gasteiger partial charge is 0.493 e. The Balaban J connectivity index is 2.61. The predicted octanol–water partition coefficient (Wildman–Crippen LogP) is 2.42. The molecule has 0 amide bonds. The lowest BCUT2D eigenvalue weighted by Crippen LogP contribution is -2.27. The molecule has 102 valence electrons. The van der Waals surface area contributed by atoms with Gasteiger partial charge in [0, 0.05) is 12.7 Å². The monoisotopic (exact) mass is 262 g/mol. The van der Waals surface area contributed by atoms with Gasteiger partial charge in [-0.3, -0.25) is 4.79 Å². The first-order valence-electron chi connectivity index (χ1n) is 6.10. The van der Waals surface area contributed by atoms with E-state index in [4.69, 9.17) is 14.2 Å². The van der Waals surface area contributed by atoms with Crippen molar-refractivity contribution in [1.82, 2.24) is 0 Å². The van der Waals surface area contributed by atoms with E-state index in [1.165, 1.54) is 0 Å². The first-order valence-corrected chi connectivity index (χ1v) is 6.10. The average Bonchev–Trinajstić information content (AvgIpc) is 2.43. The second-order valence-corrected chi connectivity index (χ2v) is 4.45. The molecule has 1 aliphatic carbocycles. The summed E-state index contributed by atoms with van der Waals surface area (Å²) < 4.78 is 16.1. The summed E-state index contributed by atoms with van der Waals surface area (Å²) in [6.07, 6.45) is 3.57. The first-order chi connectivity index (χ1) is 9.13. The molecule has 0 fully saturated rings. The molecule has 4 heteroatoms. The van der Waals surface area contributed by atoms with Crippen LogP contribution in [0.5, 0.6) is 11.5 Å². The minimum atomic E-state index is -0.301. The summed E-state index contributed by atoms with van der Waals surface area (Å²) in [6, 6.07) is 3.72. The third kappa shape index (κ3) is 2.24. The minimum absolute atomic E-state index is 0.0738. The summed E-state index contributed by atoms with van der Waals surface area (Å²) in [4.78, 5) is 11.9. The lowest BCUT2D eigenvalue weighted by molar-refractivity contribution is -0.120. The van der Waals surface area contributed by atoms with Crippen LogP contribution in [0.3, 0.4) is 0 Å². The van der Waals surface area contributed by atoms with Gasteiger partial charge in [0.05, 0.1) is 26.2 Å². The highest BCUT2D eigenvalue weighted by molar-refractivity contribution is 5.88. The normalized spacial score (nSPS) is 20.8. The molecular formula is C15H18O4. The van der Waals surface area contributed by atoms with Gasteiger partial charge in [0.1, 0.15) is 5.78 Å². The predicted molar refractivity (Wildman–Crippen MR) is 72.8 cm³/mol. The van der Waals surface area contributed by atoms with E-state index in [1.807, 2.05) is 24.3 Å². The molecule has 0 spiro atoms. The summed E-state index contributed by atoms with van der Waals surface area (Å²) in [5.74, 6) is 1.08. The van der Waals surface area contributed by atoms with E-state index >= 15 is 0 Å². The molecule has 4 nitrogen and oxygen atoms in total. The van der Waals surface area contributed by atoms with Crippen LogP contribution in [0.15, 0.2) is 18.2 Å². The van der Waals surface area contributed by atoms with Crippen molar-refractivity contribution >= 4 is 11.9 Å². The smallest absolute Gasteiger partial charge is 0.168 e. The van der Waals surface area contributed by atoms with Gasteiger partial charge in [-0.15, -0.1) is 0 Å². The molecule has 0 saturated carbocycles. The molecule has 1 aliphatic rings. The number of ether oxygens (including phenoxy) is 3. The zero-order valence-corrected chi connectivity index (χ0v) is 11.6. The molecule has 0 bridgehead atoms. The van der Waals surface area contributed by atoms with Gasteiger partial charge >= 0.3 is 0 Å². The van der Waals surface area contributed by atoms with E-state index in [9.17, 15) is 4.79 Å². The number of carbonyl (C=O) groups is 1. The van der Waals surface area contributed by atoms with Gasteiger partial charge in [-0.1, -0.05) is 18.2 Å². The topological polar surface area (TPSA) is 44.8 Å². The van der Waals surface area contributed by atoms with Crippen LogP contribution < -0.4 is 9.47 Å². The Morgan fingerprint density at radius 2 is 1.89 bits per heavy atom. The van der Waals surface area contributed by atoms with Crippen molar-refractivity contribution in [3.05, 3.63) is 29.3 Å². The molecule has 0 saturated heterocycles. The number of hydrogen-bond acceptors (Lipinski definition) is 4. The molecule has 19 heavy (non-hydrogen) atoms. The van der Waals surface area contributed by atoms with Gasteiger partial charge in [0.2, 0.25) is 0 Å². The van der Waals surface area contributed by atoms with Gasteiger partial charge < -0.3 is 14.2 Å². The van der Waals surface area contributed by atoms with Gasteiger partial charge in [-0.25, -0.2) is 0 Å². The van der Waals surface area contributed by atoms with Crippen molar-refractivity contribution in [2.24, 2.45) is 0 Å². The van der Waals surface area contributed by atoms with E-state index in [0.717, 1.165) is 11.1 Å². The molecule has 0 aromatic heterocycles. The van der Waals surface area contributed by atoms with Crippen LogP contribution >= 0.6 is 0 Å². The standard InChI is InChI=1S/C15H18O4/c1-9(16)14-10-5-8-13(18-3)15(19-4)11(10)6-7-12(14)17-2/h5-8,12,14H,1-4H3. The summed E-state index contributed by atoms with van der Waals surface area (Å²) in [5, 5.41) is 0. The van der Waals surface area contributed by atoms with Crippen LogP contribution in [0.2, 0.25) is 0 Å². The van der Waals surface area contributed by atoms with E-state index in [0.29, 0.717) is 11.5 Å². The van der Waals surface area contributed by atoms with Crippen molar-refractivity contribution in [2.45, 2.75) is 18.9 Å². The molecule has 2 rings (SSSR count). The van der Waals surface area contributed by atoms with Crippen molar-refractivity contribution in [2.75, 3.05) is 21.3 Å². The number of fused-ring (bicyclic) bond motifs is 1. The number of rotatable bonds is 4. The molecular weight excluding hydrogens is 244 g/mol. The second kappa shape index (κ2) is 5.45. The Hall–Kier alpha value is -1.81.